The molecule has 1 atom stereocenters. The number of rotatable bonds is 4. The Balaban J connectivity index is 3.90. The van der Waals surface area contributed by atoms with E-state index in [9.17, 15) is 8.42 Å². The molecule has 0 aromatic heterocycles. The van der Waals surface area contributed by atoms with Crippen LogP contribution >= 0.6 is 0 Å². The van der Waals surface area contributed by atoms with E-state index >= 15 is 0 Å². The van der Waals surface area contributed by atoms with Gasteiger partial charge in [0.2, 0.25) is 0 Å². The van der Waals surface area contributed by atoms with Gasteiger partial charge in [-0.2, -0.15) is 13.1 Å². The van der Waals surface area contributed by atoms with Crippen LogP contribution < -0.4 is 9.44 Å². The molecule has 0 aromatic carbocycles. The maximum atomic E-state index is 10.7. The van der Waals surface area contributed by atoms with Crippen molar-refractivity contribution in [3.8, 4) is 0 Å². The van der Waals surface area contributed by atoms with Crippen LogP contribution in [0.2, 0.25) is 0 Å². The zero-order valence-corrected chi connectivity index (χ0v) is 7.33. The maximum absolute atomic E-state index is 10.7. The third-order valence-electron chi connectivity index (χ3n) is 1.24. The molecule has 5 heteroatoms. The predicted molar refractivity (Wildman–Crippen MR) is 40.9 cm³/mol. The van der Waals surface area contributed by atoms with Gasteiger partial charge < -0.3 is 0 Å². The molecule has 0 aliphatic rings. The SMILES string of the molecule is CCC(C)NS(=O)(=O)NC. The molecular weight excluding hydrogens is 152 g/mol. The highest BCUT2D eigenvalue weighted by atomic mass is 32.2. The first kappa shape index (κ1) is 9.87. The predicted octanol–water partition coefficient (Wildman–Crippen LogP) is -0.161. The summed E-state index contributed by atoms with van der Waals surface area (Å²) >= 11 is 0. The number of hydrogen-bond acceptors (Lipinski definition) is 2. The van der Waals surface area contributed by atoms with Crippen molar-refractivity contribution in [2.75, 3.05) is 7.05 Å². The quantitative estimate of drug-likeness (QED) is 0.609. The van der Waals surface area contributed by atoms with Crippen LogP contribution in [0.4, 0.5) is 0 Å². The Morgan fingerprint density at radius 2 is 2.00 bits per heavy atom. The van der Waals surface area contributed by atoms with E-state index in [4.69, 9.17) is 0 Å². The lowest BCUT2D eigenvalue weighted by molar-refractivity contribution is 0.548. The number of nitrogens with one attached hydrogen (secondary N) is 2. The Morgan fingerprint density at radius 3 is 2.30 bits per heavy atom. The van der Waals surface area contributed by atoms with Crippen molar-refractivity contribution in [1.82, 2.24) is 9.44 Å². The lowest BCUT2D eigenvalue weighted by Gasteiger charge is -2.09. The first-order valence-corrected chi connectivity index (χ1v) is 4.71. The molecule has 0 spiro atoms. The van der Waals surface area contributed by atoms with Gasteiger partial charge >= 0.3 is 0 Å². The van der Waals surface area contributed by atoms with Crippen LogP contribution in [-0.2, 0) is 10.2 Å². The van der Waals surface area contributed by atoms with Crippen molar-refractivity contribution in [2.24, 2.45) is 0 Å². The molecule has 62 valence electrons. The molecule has 0 rings (SSSR count). The number of hydrogen-bond donors (Lipinski definition) is 2. The normalized spacial score (nSPS) is 15.1. The molecule has 0 aliphatic carbocycles. The first-order valence-electron chi connectivity index (χ1n) is 3.22. The third-order valence-corrected chi connectivity index (χ3v) is 2.49. The third kappa shape index (κ3) is 3.81. The molecule has 1 unspecified atom stereocenters. The van der Waals surface area contributed by atoms with E-state index in [1.807, 2.05) is 13.8 Å². The molecule has 0 heterocycles. The van der Waals surface area contributed by atoms with Crippen molar-refractivity contribution in [1.29, 1.82) is 0 Å². The van der Waals surface area contributed by atoms with Crippen LogP contribution in [0.5, 0.6) is 0 Å². The van der Waals surface area contributed by atoms with Crippen LogP contribution in [0.3, 0.4) is 0 Å². The van der Waals surface area contributed by atoms with E-state index in [0.717, 1.165) is 6.42 Å². The van der Waals surface area contributed by atoms with Crippen LogP contribution in [-0.4, -0.2) is 21.5 Å². The molecule has 0 amide bonds. The zero-order valence-electron chi connectivity index (χ0n) is 6.51. The van der Waals surface area contributed by atoms with Crippen LogP contribution in [0.15, 0.2) is 0 Å². The Hall–Kier alpha value is -0.130. The second kappa shape index (κ2) is 3.90. The second-order valence-corrected chi connectivity index (χ2v) is 3.79. The summed E-state index contributed by atoms with van der Waals surface area (Å²) in [6.07, 6.45) is 0.793. The molecule has 0 saturated carbocycles. The van der Waals surface area contributed by atoms with Gasteiger partial charge in [-0.3, -0.25) is 0 Å². The van der Waals surface area contributed by atoms with Gasteiger partial charge in [-0.15, -0.1) is 0 Å². The van der Waals surface area contributed by atoms with Crippen molar-refractivity contribution < 1.29 is 8.42 Å². The van der Waals surface area contributed by atoms with E-state index < -0.39 is 10.2 Å². The summed E-state index contributed by atoms with van der Waals surface area (Å²) in [6, 6.07) is -0.00236. The van der Waals surface area contributed by atoms with Crippen LogP contribution in [0.25, 0.3) is 0 Å². The van der Waals surface area contributed by atoms with Crippen molar-refractivity contribution in [3.63, 3.8) is 0 Å². The molecule has 10 heavy (non-hydrogen) atoms. The average molecular weight is 166 g/mol. The summed E-state index contributed by atoms with van der Waals surface area (Å²) in [5.41, 5.74) is 0. The smallest absolute Gasteiger partial charge is 0.205 e. The summed E-state index contributed by atoms with van der Waals surface area (Å²) in [5, 5.41) is 0. The molecule has 0 bridgehead atoms. The fourth-order valence-corrected chi connectivity index (χ4v) is 1.22. The summed E-state index contributed by atoms with van der Waals surface area (Å²) in [7, 11) is -1.85. The van der Waals surface area contributed by atoms with E-state index in [2.05, 4.69) is 9.44 Å². The van der Waals surface area contributed by atoms with Gasteiger partial charge in [0.25, 0.3) is 10.2 Å². The van der Waals surface area contributed by atoms with Gasteiger partial charge in [0.05, 0.1) is 0 Å². The Bertz CT molecular complexity index is 176. The van der Waals surface area contributed by atoms with Crippen molar-refractivity contribution >= 4 is 10.2 Å². The second-order valence-electron chi connectivity index (χ2n) is 2.13. The van der Waals surface area contributed by atoms with Gasteiger partial charge in [-0.05, 0) is 13.3 Å². The summed E-state index contributed by atoms with van der Waals surface area (Å²) in [6.45, 7) is 3.73. The minimum Gasteiger partial charge on any atom is -0.205 e. The lowest BCUT2D eigenvalue weighted by atomic mass is 10.3. The molecule has 0 saturated heterocycles. The molecule has 0 fully saturated rings. The Labute approximate surface area is 62.2 Å². The maximum Gasteiger partial charge on any atom is 0.276 e. The lowest BCUT2D eigenvalue weighted by Crippen LogP contribution is -2.39. The van der Waals surface area contributed by atoms with Gasteiger partial charge in [-0.1, -0.05) is 6.92 Å². The zero-order chi connectivity index (χ0) is 8.20. The molecule has 2 N–H and O–H groups in total. The fourth-order valence-electron chi connectivity index (χ4n) is 0.407. The van der Waals surface area contributed by atoms with Gasteiger partial charge in [0.1, 0.15) is 0 Å². The standard InChI is InChI=1S/C5H14N2O2S/c1-4-5(2)7-10(8,9)6-3/h5-7H,4H2,1-3H3. The van der Waals surface area contributed by atoms with Gasteiger partial charge in [-0.25, -0.2) is 4.72 Å². The van der Waals surface area contributed by atoms with Crippen molar-refractivity contribution in [3.05, 3.63) is 0 Å². The topological polar surface area (TPSA) is 58.2 Å². The van der Waals surface area contributed by atoms with Gasteiger partial charge in [0, 0.05) is 13.1 Å². The minimum atomic E-state index is -3.23. The fraction of sp³-hybridized carbons (Fsp3) is 1.00. The highest BCUT2D eigenvalue weighted by Crippen LogP contribution is 1.88. The van der Waals surface area contributed by atoms with E-state index in [0.29, 0.717) is 0 Å². The highest BCUT2D eigenvalue weighted by molar-refractivity contribution is 7.87. The Morgan fingerprint density at radius 1 is 1.50 bits per heavy atom. The van der Waals surface area contributed by atoms with E-state index in [-0.39, 0.29) is 6.04 Å². The van der Waals surface area contributed by atoms with Gasteiger partial charge in [0.15, 0.2) is 0 Å². The highest BCUT2D eigenvalue weighted by Gasteiger charge is 2.08. The van der Waals surface area contributed by atoms with E-state index in [1.165, 1.54) is 7.05 Å². The molecule has 0 radical (unpaired) electrons. The molecule has 0 aliphatic heterocycles. The summed E-state index contributed by atoms with van der Waals surface area (Å²) < 4.78 is 26.1. The molecule has 4 nitrogen and oxygen atoms in total. The molecular formula is C5H14N2O2S. The largest absolute Gasteiger partial charge is 0.276 e. The van der Waals surface area contributed by atoms with E-state index in [1.54, 1.807) is 0 Å². The van der Waals surface area contributed by atoms with Crippen molar-refractivity contribution in [2.45, 2.75) is 26.3 Å². The summed E-state index contributed by atoms with van der Waals surface area (Å²) in [5.74, 6) is 0. The summed E-state index contributed by atoms with van der Waals surface area (Å²) in [4.78, 5) is 0. The Kier molecular flexibility index (Phi) is 3.85. The first-order chi connectivity index (χ1) is 4.52. The monoisotopic (exact) mass is 166 g/mol. The molecule has 0 aromatic rings. The average Bonchev–Trinajstić information content (AvgIpc) is 1.87. The van der Waals surface area contributed by atoms with Crippen LogP contribution in [0.1, 0.15) is 20.3 Å². The van der Waals surface area contributed by atoms with Crippen LogP contribution in [0, 0.1) is 0 Å². The minimum absolute atomic E-state index is 0.00236.